The van der Waals surface area contributed by atoms with Gasteiger partial charge in [0.15, 0.2) is 0 Å². The number of hydrogen-bond donors (Lipinski definition) is 1. The zero-order valence-electron chi connectivity index (χ0n) is 14.0. The lowest BCUT2D eigenvalue weighted by Crippen LogP contribution is -2.34. The fraction of sp³-hybridized carbons (Fsp3) is 0.778. The third-order valence-electron chi connectivity index (χ3n) is 4.79. The van der Waals surface area contributed by atoms with Crippen LogP contribution in [0, 0.1) is 17.8 Å². The van der Waals surface area contributed by atoms with Crippen molar-refractivity contribution in [1.82, 2.24) is 5.32 Å². The molecular weight excluding hydrogens is 262 g/mol. The van der Waals surface area contributed by atoms with E-state index in [9.17, 15) is 0 Å². The summed E-state index contributed by atoms with van der Waals surface area (Å²) in [7, 11) is 0. The van der Waals surface area contributed by atoms with Gasteiger partial charge in [-0.05, 0) is 43.2 Å². The van der Waals surface area contributed by atoms with E-state index in [0.717, 1.165) is 24.8 Å². The summed E-state index contributed by atoms with van der Waals surface area (Å²) in [6.07, 6.45) is 6.02. The van der Waals surface area contributed by atoms with Crippen LogP contribution in [-0.2, 0) is 17.9 Å². The minimum absolute atomic E-state index is 0.399. The lowest BCUT2D eigenvalue weighted by Gasteiger charge is -2.37. The molecule has 1 saturated carbocycles. The monoisotopic (exact) mass is 293 g/mol. The van der Waals surface area contributed by atoms with E-state index in [1.165, 1.54) is 24.8 Å². The van der Waals surface area contributed by atoms with Gasteiger partial charge >= 0.3 is 0 Å². The van der Waals surface area contributed by atoms with Crippen molar-refractivity contribution in [1.29, 1.82) is 0 Å². The largest absolute Gasteiger partial charge is 0.468 e. The standard InChI is InChI=1S/C18H31NO2/c1-5-19-11-18-15(8-9-20-18)12-21-17-10-14(4)6-7-16(17)13(2)3/h8-9,13-14,16-17,19H,5-7,10-12H2,1-4H3. The normalized spacial score (nSPS) is 26.4. The highest BCUT2D eigenvalue weighted by Gasteiger charge is 2.31. The molecule has 1 aliphatic rings. The van der Waals surface area contributed by atoms with Crippen LogP contribution < -0.4 is 5.32 Å². The van der Waals surface area contributed by atoms with E-state index in [1.54, 1.807) is 6.26 Å². The third kappa shape index (κ3) is 4.58. The van der Waals surface area contributed by atoms with E-state index in [0.29, 0.717) is 24.5 Å². The highest BCUT2D eigenvalue weighted by molar-refractivity contribution is 5.15. The van der Waals surface area contributed by atoms with Gasteiger partial charge in [0.05, 0.1) is 25.5 Å². The second kappa shape index (κ2) is 8.00. The molecule has 0 spiro atoms. The molecule has 3 atom stereocenters. The first kappa shape index (κ1) is 16.6. The van der Waals surface area contributed by atoms with Gasteiger partial charge in [0.1, 0.15) is 5.76 Å². The van der Waals surface area contributed by atoms with Crippen molar-refractivity contribution in [3.05, 3.63) is 23.7 Å². The molecule has 3 unspecified atom stereocenters. The van der Waals surface area contributed by atoms with E-state index >= 15 is 0 Å². The van der Waals surface area contributed by atoms with E-state index in [4.69, 9.17) is 9.15 Å². The molecule has 0 aromatic carbocycles. The molecule has 1 aromatic rings. The van der Waals surface area contributed by atoms with Gasteiger partial charge in [-0.3, -0.25) is 0 Å². The van der Waals surface area contributed by atoms with Gasteiger partial charge in [-0.1, -0.05) is 34.1 Å². The molecule has 1 fully saturated rings. The van der Waals surface area contributed by atoms with Crippen LogP contribution in [0.25, 0.3) is 0 Å². The summed E-state index contributed by atoms with van der Waals surface area (Å²) in [4.78, 5) is 0. The van der Waals surface area contributed by atoms with E-state index in [1.807, 2.05) is 6.07 Å². The Balaban J connectivity index is 1.92. The van der Waals surface area contributed by atoms with Crippen LogP contribution in [0.3, 0.4) is 0 Å². The zero-order valence-corrected chi connectivity index (χ0v) is 14.0. The number of rotatable bonds is 7. The number of ether oxygens (including phenoxy) is 1. The summed E-state index contributed by atoms with van der Waals surface area (Å²) >= 11 is 0. The Labute approximate surface area is 129 Å². The summed E-state index contributed by atoms with van der Waals surface area (Å²) in [5.41, 5.74) is 1.19. The molecule has 1 aromatic heterocycles. The van der Waals surface area contributed by atoms with Gasteiger partial charge in [0, 0.05) is 5.56 Å². The zero-order chi connectivity index (χ0) is 15.2. The van der Waals surface area contributed by atoms with Crippen molar-refractivity contribution in [2.24, 2.45) is 17.8 Å². The van der Waals surface area contributed by atoms with Crippen LogP contribution in [-0.4, -0.2) is 12.6 Å². The van der Waals surface area contributed by atoms with Crippen LogP contribution in [0.15, 0.2) is 16.7 Å². The van der Waals surface area contributed by atoms with Crippen molar-refractivity contribution < 1.29 is 9.15 Å². The minimum Gasteiger partial charge on any atom is -0.468 e. The van der Waals surface area contributed by atoms with Gasteiger partial charge in [-0.25, -0.2) is 0 Å². The molecule has 21 heavy (non-hydrogen) atoms. The van der Waals surface area contributed by atoms with Crippen molar-refractivity contribution in [2.45, 2.75) is 66.2 Å². The second-order valence-electron chi connectivity index (χ2n) is 6.82. The van der Waals surface area contributed by atoms with E-state index in [-0.39, 0.29) is 0 Å². The van der Waals surface area contributed by atoms with Gasteiger partial charge in [0.2, 0.25) is 0 Å². The smallest absolute Gasteiger partial charge is 0.123 e. The van der Waals surface area contributed by atoms with Gasteiger partial charge < -0.3 is 14.5 Å². The van der Waals surface area contributed by atoms with Crippen molar-refractivity contribution >= 4 is 0 Å². The molecule has 2 rings (SSSR count). The molecule has 0 bridgehead atoms. The van der Waals surface area contributed by atoms with Crippen molar-refractivity contribution in [3.63, 3.8) is 0 Å². The van der Waals surface area contributed by atoms with Crippen LogP contribution in [0.4, 0.5) is 0 Å². The van der Waals surface area contributed by atoms with Crippen LogP contribution in [0.2, 0.25) is 0 Å². The molecule has 0 aliphatic heterocycles. The maximum absolute atomic E-state index is 6.30. The minimum atomic E-state index is 0.399. The van der Waals surface area contributed by atoms with E-state index in [2.05, 4.69) is 33.0 Å². The Morgan fingerprint density at radius 2 is 2.19 bits per heavy atom. The second-order valence-corrected chi connectivity index (χ2v) is 6.82. The van der Waals surface area contributed by atoms with Gasteiger partial charge in [-0.15, -0.1) is 0 Å². The quantitative estimate of drug-likeness (QED) is 0.810. The topological polar surface area (TPSA) is 34.4 Å². The average molecular weight is 293 g/mol. The summed E-state index contributed by atoms with van der Waals surface area (Å²) in [6, 6.07) is 2.04. The summed E-state index contributed by atoms with van der Waals surface area (Å²) < 4.78 is 11.9. The Morgan fingerprint density at radius 1 is 1.38 bits per heavy atom. The first-order chi connectivity index (χ1) is 10.1. The number of hydrogen-bond acceptors (Lipinski definition) is 3. The third-order valence-corrected chi connectivity index (χ3v) is 4.79. The average Bonchev–Trinajstić information content (AvgIpc) is 2.90. The first-order valence-corrected chi connectivity index (χ1v) is 8.49. The fourth-order valence-electron chi connectivity index (χ4n) is 3.39. The highest BCUT2D eigenvalue weighted by atomic mass is 16.5. The van der Waals surface area contributed by atoms with Crippen molar-refractivity contribution in [3.8, 4) is 0 Å². The summed E-state index contributed by atoms with van der Waals surface area (Å²) in [6.45, 7) is 11.5. The number of furan rings is 1. The number of nitrogens with one attached hydrogen (secondary N) is 1. The van der Waals surface area contributed by atoms with Crippen molar-refractivity contribution in [2.75, 3.05) is 6.54 Å². The lowest BCUT2D eigenvalue weighted by molar-refractivity contribution is -0.0476. The molecule has 1 N–H and O–H groups in total. The molecular formula is C18H31NO2. The SMILES string of the molecule is CCNCc1occc1COC1CC(C)CCC1C(C)C. The lowest BCUT2D eigenvalue weighted by atomic mass is 9.75. The van der Waals surface area contributed by atoms with Crippen LogP contribution in [0.1, 0.15) is 58.3 Å². The fourth-order valence-corrected chi connectivity index (χ4v) is 3.39. The molecule has 0 amide bonds. The summed E-state index contributed by atoms with van der Waals surface area (Å²) in [5, 5.41) is 3.31. The molecule has 3 nitrogen and oxygen atoms in total. The van der Waals surface area contributed by atoms with E-state index < -0.39 is 0 Å². The Hall–Kier alpha value is -0.800. The molecule has 1 aliphatic carbocycles. The highest BCUT2D eigenvalue weighted by Crippen LogP contribution is 2.35. The molecule has 1 heterocycles. The molecule has 3 heteroatoms. The maximum Gasteiger partial charge on any atom is 0.123 e. The Bertz CT molecular complexity index is 413. The van der Waals surface area contributed by atoms with Crippen LogP contribution in [0.5, 0.6) is 0 Å². The Morgan fingerprint density at radius 3 is 2.90 bits per heavy atom. The molecule has 120 valence electrons. The predicted molar refractivity (Wildman–Crippen MR) is 86.0 cm³/mol. The Kier molecular flexibility index (Phi) is 6.31. The molecule has 0 radical (unpaired) electrons. The summed E-state index contributed by atoms with van der Waals surface area (Å²) in [5.74, 6) is 3.20. The molecule has 0 saturated heterocycles. The van der Waals surface area contributed by atoms with Crippen LogP contribution >= 0.6 is 0 Å². The first-order valence-electron chi connectivity index (χ1n) is 8.49. The van der Waals surface area contributed by atoms with Gasteiger partial charge in [-0.2, -0.15) is 0 Å². The van der Waals surface area contributed by atoms with Gasteiger partial charge in [0.25, 0.3) is 0 Å². The predicted octanol–water partition coefficient (Wildman–Crippen LogP) is 4.37. The maximum atomic E-state index is 6.30.